The Kier molecular flexibility index (Phi) is 5.65. The van der Waals surface area contributed by atoms with Crippen molar-refractivity contribution >= 4 is 10.0 Å². The van der Waals surface area contributed by atoms with Crippen LogP contribution in [0.15, 0.2) is 30.3 Å². The Hall–Kier alpha value is -0.870. The quantitative estimate of drug-likeness (QED) is 0.751. The molecule has 1 rings (SSSR count). The first-order chi connectivity index (χ1) is 8.10. The molecule has 0 fully saturated rings. The third kappa shape index (κ3) is 4.48. The molecule has 0 aromatic heterocycles. The van der Waals surface area contributed by atoms with Crippen LogP contribution >= 0.6 is 0 Å². The fourth-order valence-electron chi connectivity index (χ4n) is 1.76. The van der Waals surface area contributed by atoms with Gasteiger partial charge in [0.2, 0.25) is 10.0 Å². The Bertz CT molecular complexity index is 408. The smallest absolute Gasteiger partial charge is 0.212 e. The number of hydrogen-bond acceptors (Lipinski definition) is 2. The molecule has 96 valence electrons. The van der Waals surface area contributed by atoms with Crippen molar-refractivity contribution in [3.8, 4) is 0 Å². The molecule has 0 bridgehead atoms. The van der Waals surface area contributed by atoms with Crippen LogP contribution in [-0.4, -0.2) is 25.8 Å². The van der Waals surface area contributed by atoms with Crippen LogP contribution in [0.5, 0.6) is 0 Å². The average Bonchev–Trinajstić information content (AvgIpc) is 2.29. The van der Waals surface area contributed by atoms with E-state index in [0.29, 0.717) is 13.1 Å². The van der Waals surface area contributed by atoms with Crippen molar-refractivity contribution < 1.29 is 8.42 Å². The highest BCUT2D eigenvalue weighted by Crippen LogP contribution is 2.11. The van der Waals surface area contributed by atoms with Crippen molar-refractivity contribution in [3.63, 3.8) is 0 Å². The summed E-state index contributed by atoms with van der Waals surface area (Å²) in [6.07, 6.45) is 1.71. The van der Waals surface area contributed by atoms with E-state index in [2.05, 4.69) is 0 Å². The number of nitrogens with zero attached hydrogens (tertiary/aromatic N) is 1. The normalized spacial score (nSPS) is 11.9. The number of rotatable bonds is 7. The maximum Gasteiger partial charge on any atom is 0.218 e. The predicted molar refractivity (Wildman–Crippen MR) is 71.2 cm³/mol. The van der Waals surface area contributed by atoms with E-state index in [1.54, 1.807) is 4.31 Å². The van der Waals surface area contributed by atoms with Crippen molar-refractivity contribution in [2.45, 2.75) is 32.4 Å². The zero-order valence-electron chi connectivity index (χ0n) is 10.6. The van der Waals surface area contributed by atoms with Crippen LogP contribution in [0, 0.1) is 0 Å². The largest absolute Gasteiger partial charge is 0.218 e. The Balaban J connectivity index is 2.78. The Morgan fingerprint density at radius 2 is 1.53 bits per heavy atom. The molecule has 1 aromatic carbocycles. The monoisotopic (exact) mass is 255 g/mol. The van der Waals surface area contributed by atoms with Crippen molar-refractivity contribution in [3.05, 3.63) is 35.9 Å². The summed E-state index contributed by atoms with van der Waals surface area (Å²) in [6, 6.07) is 9.34. The third-order valence-electron chi connectivity index (χ3n) is 2.53. The summed E-state index contributed by atoms with van der Waals surface area (Å²) < 4.78 is 26.0. The maximum atomic E-state index is 12.2. The molecule has 0 atom stereocenters. The molecule has 0 aliphatic heterocycles. The van der Waals surface area contributed by atoms with E-state index in [-0.39, 0.29) is 5.75 Å². The van der Waals surface area contributed by atoms with Gasteiger partial charge in [-0.25, -0.2) is 12.7 Å². The zero-order valence-corrected chi connectivity index (χ0v) is 11.4. The van der Waals surface area contributed by atoms with E-state index in [4.69, 9.17) is 0 Å². The van der Waals surface area contributed by atoms with Crippen LogP contribution < -0.4 is 0 Å². The molecule has 0 radical (unpaired) electrons. The van der Waals surface area contributed by atoms with Gasteiger partial charge in [-0.15, -0.1) is 0 Å². The lowest BCUT2D eigenvalue weighted by Gasteiger charge is -2.20. The minimum Gasteiger partial charge on any atom is -0.212 e. The highest BCUT2D eigenvalue weighted by Gasteiger charge is 2.20. The van der Waals surface area contributed by atoms with Crippen molar-refractivity contribution in [1.82, 2.24) is 4.31 Å². The van der Waals surface area contributed by atoms with Gasteiger partial charge in [-0.2, -0.15) is 0 Å². The van der Waals surface area contributed by atoms with Crippen molar-refractivity contribution in [2.75, 3.05) is 13.1 Å². The van der Waals surface area contributed by atoms with Crippen LogP contribution in [0.4, 0.5) is 0 Å². The fraction of sp³-hybridized carbons (Fsp3) is 0.538. The summed E-state index contributed by atoms with van der Waals surface area (Å²) >= 11 is 0. The first-order valence-corrected chi connectivity index (χ1v) is 7.72. The fourth-order valence-corrected chi connectivity index (χ4v) is 3.48. The van der Waals surface area contributed by atoms with Crippen LogP contribution in [0.3, 0.4) is 0 Å². The summed E-state index contributed by atoms with van der Waals surface area (Å²) in [5.41, 5.74) is 0.852. The first-order valence-electron chi connectivity index (χ1n) is 6.12. The van der Waals surface area contributed by atoms with Gasteiger partial charge >= 0.3 is 0 Å². The highest BCUT2D eigenvalue weighted by atomic mass is 32.2. The van der Waals surface area contributed by atoms with E-state index in [0.717, 1.165) is 18.4 Å². The summed E-state index contributed by atoms with van der Waals surface area (Å²) in [7, 11) is -3.17. The Morgan fingerprint density at radius 3 is 2.00 bits per heavy atom. The van der Waals surface area contributed by atoms with Crippen molar-refractivity contribution in [2.24, 2.45) is 0 Å². The lowest BCUT2D eigenvalue weighted by molar-refractivity contribution is 0.409. The molecule has 17 heavy (non-hydrogen) atoms. The lowest BCUT2D eigenvalue weighted by atomic mass is 10.2. The van der Waals surface area contributed by atoms with E-state index >= 15 is 0 Å². The second-order valence-corrected chi connectivity index (χ2v) is 6.11. The van der Waals surface area contributed by atoms with Gasteiger partial charge in [0.05, 0.1) is 5.75 Å². The molecule has 1 aromatic rings. The Morgan fingerprint density at radius 1 is 1.00 bits per heavy atom. The first kappa shape index (κ1) is 14.2. The molecule has 0 unspecified atom stereocenters. The summed E-state index contributed by atoms with van der Waals surface area (Å²) in [5, 5.41) is 0. The minimum absolute atomic E-state index is 0.105. The minimum atomic E-state index is -3.17. The van der Waals surface area contributed by atoms with E-state index in [1.165, 1.54) is 0 Å². The van der Waals surface area contributed by atoms with Crippen LogP contribution in [0.25, 0.3) is 0 Å². The summed E-state index contributed by atoms with van der Waals surface area (Å²) in [5.74, 6) is 0.105. The topological polar surface area (TPSA) is 37.4 Å². The molecule has 0 amide bonds. The van der Waals surface area contributed by atoms with Gasteiger partial charge in [0.1, 0.15) is 0 Å². The van der Waals surface area contributed by atoms with Crippen molar-refractivity contribution in [1.29, 1.82) is 0 Å². The molecule has 0 heterocycles. The summed E-state index contributed by atoms with van der Waals surface area (Å²) in [6.45, 7) is 5.23. The average molecular weight is 255 g/mol. The van der Waals surface area contributed by atoms with Gasteiger partial charge in [0.25, 0.3) is 0 Å². The number of hydrogen-bond donors (Lipinski definition) is 0. The molecule has 0 saturated heterocycles. The van der Waals surface area contributed by atoms with Gasteiger partial charge in [-0.05, 0) is 18.4 Å². The molecular formula is C13H21NO2S. The standard InChI is InChI=1S/C13H21NO2S/c1-3-10-14(11-4-2)17(15,16)12-13-8-6-5-7-9-13/h5-9H,3-4,10-12H2,1-2H3. The second kappa shape index (κ2) is 6.77. The molecule has 0 saturated carbocycles. The molecule has 3 nitrogen and oxygen atoms in total. The van der Waals surface area contributed by atoms with Crippen LogP contribution in [-0.2, 0) is 15.8 Å². The van der Waals surface area contributed by atoms with Crippen LogP contribution in [0.1, 0.15) is 32.3 Å². The zero-order chi connectivity index (χ0) is 12.7. The SMILES string of the molecule is CCCN(CCC)S(=O)(=O)Cc1ccccc1. The van der Waals surface area contributed by atoms with Gasteiger partial charge in [0, 0.05) is 13.1 Å². The molecule has 0 aliphatic carbocycles. The van der Waals surface area contributed by atoms with Gasteiger partial charge in [0.15, 0.2) is 0 Å². The molecule has 0 spiro atoms. The highest BCUT2D eigenvalue weighted by molar-refractivity contribution is 7.88. The summed E-state index contributed by atoms with van der Waals surface area (Å²) in [4.78, 5) is 0. The molecular weight excluding hydrogens is 234 g/mol. The van der Waals surface area contributed by atoms with Gasteiger partial charge < -0.3 is 0 Å². The van der Waals surface area contributed by atoms with Gasteiger partial charge in [-0.3, -0.25) is 0 Å². The lowest BCUT2D eigenvalue weighted by Crippen LogP contribution is -2.33. The van der Waals surface area contributed by atoms with E-state index in [1.807, 2.05) is 44.2 Å². The molecule has 0 aliphatic rings. The third-order valence-corrected chi connectivity index (χ3v) is 4.38. The Labute approximate surface area is 105 Å². The number of benzene rings is 1. The maximum absolute atomic E-state index is 12.2. The van der Waals surface area contributed by atoms with Gasteiger partial charge in [-0.1, -0.05) is 44.2 Å². The molecule has 0 N–H and O–H groups in total. The van der Waals surface area contributed by atoms with Crippen LogP contribution in [0.2, 0.25) is 0 Å². The van der Waals surface area contributed by atoms with E-state index < -0.39 is 10.0 Å². The predicted octanol–water partition coefficient (Wildman–Crippen LogP) is 2.64. The molecule has 4 heteroatoms. The number of sulfonamides is 1. The van der Waals surface area contributed by atoms with E-state index in [9.17, 15) is 8.42 Å². The second-order valence-electron chi connectivity index (χ2n) is 4.14.